The highest BCUT2D eigenvalue weighted by atomic mass is 16.2. The minimum absolute atomic E-state index is 0.117. The fourth-order valence-electron chi connectivity index (χ4n) is 2.97. The first-order chi connectivity index (χ1) is 13.5. The summed E-state index contributed by atoms with van der Waals surface area (Å²) < 4.78 is 1.75. The van der Waals surface area contributed by atoms with E-state index in [1.165, 1.54) is 0 Å². The van der Waals surface area contributed by atoms with Crippen LogP contribution in [0.3, 0.4) is 0 Å². The Morgan fingerprint density at radius 2 is 1.61 bits per heavy atom. The molecule has 6 heteroatoms. The summed E-state index contributed by atoms with van der Waals surface area (Å²) in [7, 11) is 0. The lowest BCUT2D eigenvalue weighted by Gasteiger charge is -2.19. The van der Waals surface area contributed by atoms with Gasteiger partial charge in [0, 0.05) is 17.7 Å². The van der Waals surface area contributed by atoms with Crippen molar-refractivity contribution in [3.63, 3.8) is 0 Å². The zero-order chi connectivity index (χ0) is 19.9. The zero-order valence-electron chi connectivity index (χ0n) is 16.0. The smallest absolute Gasteiger partial charge is 0.251 e. The van der Waals surface area contributed by atoms with Crippen molar-refractivity contribution >= 4 is 17.6 Å². The Bertz CT molecular complexity index is 920. The molecule has 6 nitrogen and oxygen atoms in total. The molecule has 3 rings (SSSR count). The third-order valence-corrected chi connectivity index (χ3v) is 4.36. The van der Waals surface area contributed by atoms with Crippen LogP contribution in [-0.4, -0.2) is 21.6 Å². The summed E-state index contributed by atoms with van der Waals surface area (Å²) in [5.41, 5.74) is 1.43. The van der Waals surface area contributed by atoms with E-state index in [1.807, 2.05) is 62.4 Å². The number of carbonyl (C=O) groups excluding carboxylic acids is 2. The molecule has 2 N–H and O–H groups in total. The number of benzene rings is 2. The maximum Gasteiger partial charge on any atom is 0.251 e. The van der Waals surface area contributed by atoms with Gasteiger partial charge in [-0.3, -0.25) is 9.59 Å². The highest BCUT2D eigenvalue weighted by Crippen LogP contribution is 2.20. The number of nitrogens with zero attached hydrogens (tertiary/aromatic N) is 2. The minimum Gasteiger partial charge on any atom is -0.345 e. The van der Waals surface area contributed by atoms with Crippen LogP contribution >= 0.6 is 0 Å². The fraction of sp³-hybridized carbons (Fsp3) is 0.227. The van der Waals surface area contributed by atoms with Crippen LogP contribution in [0.1, 0.15) is 48.3 Å². The van der Waals surface area contributed by atoms with Gasteiger partial charge in [0.25, 0.3) is 5.91 Å². The van der Waals surface area contributed by atoms with Crippen molar-refractivity contribution in [1.82, 2.24) is 15.1 Å². The predicted octanol–water partition coefficient (Wildman–Crippen LogP) is 3.96. The third-order valence-electron chi connectivity index (χ3n) is 4.36. The van der Waals surface area contributed by atoms with Crippen LogP contribution in [-0.2, 0) is 4.79 Å². The summed E-state index contributed by atoms with van der Waals surface area (Å²) in [6.07, 6.45) is 1.77. The van der Waals surface area contributed by atoms with Crippen molar-refractivity contribution in [2.24, 2.45) is 0 Å². The van der Waals surface area contributed by atoms with Crippen LogP contribution < -0.4 is 10.6 Å². The Kier molecular flexibility index (Phi) is 6.22. The molecule has 2 aromatic carbocycles. The van der Waals surface area contributed by atoms with Gasteiger partial charge in [-0.15, -0.1) is 0 Å². The van der Waals surface area contributed by atoms with Gasteiger partial charge in [-0.25, -0.2) is 4.68 Å². The monoisotopic (exact) mass is 376 g/mol. The summed E-state index contributed by atoms with van der Waals surface area (Å²) in [6.45, 7) is 3.99. The number of nitrogens with one attached hydrogen (secondary N) is 2. The van der Waals surface area contributed by atoms with Crippen molar-refractivity contribution in [2.75, 3.05) is 5.32 Å². The van der Waals surface area contributed by atoms with Gasteiger partial charge < -0.3 is 10.6 Å². The Morgan fingerprint density at radius 1 is 0.964 bits per heavy atom. The van der Waals surface area contributed by atoms with E-state index in [2.05, 4.69) is 15.7 Å². The molecular weight excluding hydrogens is 352 g/mol. The van der Waals surface area contributed by atoms with E-state index in [-0.39, 0.29) is 24.3 Å². The van der Waals surface area contributed by atoms with Gasteiger partial charge >= 0.3 is 0 Å². The first-order valence-electron chi connectivity index (χ1n) is 9.29. The Balaban J connectivity index is 1.75. The lowest BCUT2D eigenvalue weighted by Crippen LogP contribution is -2.31. The maximum absolute atomic E-state index is 12.7. The second-order valence-electron chi connectivity index (χ2n) is 6.81. The van der Waals surface area contributed by atoms with Crippen LogP contribution in [0.4, 0.5) is 5.82 Å². The number of carbonyl (C=O) groups is 2. The van der Waals surface area contributed by atoms with Gasteiger partial charge in [-0.05, 0) is 31.5 Å². The average molecular weight is 376 g/mol. The van der Waals surface area contributed by atoms with Crippen LogP contribution in [0.15, 0.2) is 72.9 Å². The largest absolute Gasteiger partial charge is 0.345 e. The Morgan fingerprint density at radius 3 is 2.25 bits per heavy atom. The summed E-state index contributed by atoms with van der Waals surface area (Å²) in [5.74, 6) is 0.236. The van der Waals surface area contributed by atoms with E-state index in [9.17, 15) is 9.59 Å². The van der Waals surface area contributed by atoms with Crippen LogP contribution in [0, 0.1) is 0 Å². The van der Waals surface area contributed by atoms with Crippen molar-refractivity contribution in [3.8, 4) is 0 Å². The van der Waals surface area contributed by atoms with Crippen LogP contribution in [0.25, 0.3) is 0 Å². The molecule has 0 bridgehead atoms. The van der Waals surface area contributed by atoms with Crippen LogP contribution in [0.2, 0.25) is 0 Å². The lowest BCUT2D eigenvalue weighted by atomic mass is 10.0. The summed E-state index contributed by atoms with van der Waals surface area (Å²) in [4.78, 5) is 25.3. The highest BCUT2D eigenvalue weighted by Gasteiger charge is 2.20. The minimum atomic E-state index is -0.440. The number of anilines is 1. The number of rotatable bonds is 7. The Hall–Kier alpha value is -3.41. The first kappa shape index (κ1) is 19.4. The molecule has 0 radical (unpaired) electrons. The molecule has 1 atom stereocenters. The van der Waals surface area contributed by atoms with Gasteiger partial charge in [0.05, 0.1) is 18.7 Å². The standard InChI is InChI=1S/C22H24N4O2/c1-16(2)26-20(13-14-23-26)25-21(27)15-19(17-9-5-3-6-10-17)24-22(28)18-11-7-4-8-12-18/h3-14,16,19H,15H2,1-2H3,(H,24,28)(H,25,27). The lowest BCUT2D eigenvalue weighted by molar-refractivity contribution is -0.116. The van der Waals surface area contributed by atoms with Crippen molar-refractivity contribution in [3.05, 3.63) is 84.1 Å². The molecular formula is C22H24N4O2. The molecule has 3 aromatic rings. The molecule has 144 valence electrons. The molecule has 0 fully saturated rings. The average Bonchev–Trinajstić information content (AvgIpc) is 3.17. The number of hydrogen-bond acceptors (Lipinski definition) is 3. The molecule has 0 aliphatic rings. The SMILES string of the molecule is CC(C)n1nccc1NC(=O)CC(NC(=O)c1ccccc1)c1ccccc1. The van der Waals surface area contributed by atoms with Gasteiger partial charge in [-0.2, -0.15) is 5.10 Å². The highest BCUT2D eigenvalue weighted by molar-refractivity contribution is 5.95. The van der Waals surface area contributed by atoms with E-state index < -0.39 is 6.04 Å². The summed E-state index contributed by atoms with van der Waals surface area (Å²) >= 11 is 0. The van der Waals surface area contributed by atoms with E-state index in [0.717, 1.165) is 5.56 Å². The topological polar surface area (TPSA) is 76.0 Å². The molecule has 28 heavy (non-hydrogen) atoms. The van der Waals surface area contributed by atoms with Crippen molar-refractivity contribution < 1.29 is 9.59 Å². The molecule has 2 amide bonds. The second kappa shape index (κ2) is 8.99. The quantitative estimate of drug-likeness (QED) is 0.655. The normalized spacial score (nSPS) is 11.8. The van der Waals surface area contributed by atoms with Crippen LogP contribution in [0.5, 0.6) is 0 Å². The molecule has 0 saturated carbocycles. The zero-order valence-corrected chi connectivity index (χ0v) is 16.0. The summed E-state index contributed by atoms with van der Waals surface area (Å²) in [6, 6.07) is 19.9. The second-order valence-corrected chi connectivity index (χ2v) is 6.81. The van der Waals surface area contributed by atoms with Gasteiger partial charge in [-0.1, -0.05) is 48.5 Å². The predicted molar refractivity (Wildman–Crippen MR) is 109 cm³/mol. The molecule has 0 saturated heterocycles. The van der Waals surface area contributed by atoms with Crippen molar-refractivity contribution in [2.45, 2.75) is 32.4 Å². The van der Waals surface area contributed by atoms with Gasteiger partial charge in [0.15, 0.2) is 0 Å². The van der Waals surface area contributed by atoms with Gasteiger partial charge in [0.2, 0.25) is 5.91 Å². The van der Waals surface area contributed by atoms with E-state index in [4.69, 9.17) is 0 Å². The third kappa shape index (κ3) is 4.85. The van der Waals surface area contributed by atoms with E-state index in [0.29, 0.717) is 11.4 Å². The first-order valence-corrected chi connectivity index (χ1v) is 9.29. The number of aromatic nitrogens is 2. The molecule has 0 aliphatic carbocycles. The van der Waals surface area contributed by atoms with Crippen molar-refractivity contribution in [1.29, 1.82) is 0 Å². The van der Waals surface area contributed by atoms with Gasteiger partial charge in [0.1, 0.15) is 5.82 Å². The van der Waals surface area contributed by atoms with E-state index >= 15 is 0 Å². The number of amides is 2. The Labute approximate surface area is 164 Å². The molecule has 1 heterocycles. The fourth-order valence-corrected chi connectivity index (χ4v) is 2.97. The van der Waals surface area contributed by atoms with E-state index in [1.54, 1.807) is 29.1 Å². The molecule has 1 aromatic heterocycles. The summed E-state index contributed by atoms with van der Waals surface area (Å²) in [5, 5.41) is 10.1. The molecule has 1 unspecified atom stereocenters. The molecule has 0 aliphatic heterocycles. The molecule has 0 spiro atoms. The maximum atomic E-state index is 12.7. The number of hydrogen-bond donors (Lipinski definition) is 2.